The highest BCUT2D eigenvalue weighted by molar-refractivity contribution is 5.43. The number of nitrogens with zero attached hydrogens (tertiary/aromatic N) is 1. The summed E-state index contributed by atoms with van der Waals surface area (Å²) in [4.78, 5) is 2.23. The van der Waals surface area contributed by atoms with Gasteiger partial charge < -0.3 is 9.64 Å². The quantitative estimate of drug-likeness (QED) is 0.758. The van der Waals surface area contributed by atoms with Crippen LogP contribution in [0.25, 0.3) is 0 Å². The Balaban J connectivity index is 2.71. The van der Waals surface area contributed by atoms with Crippen molar-refractivity contribution in [3.63, 3.8) is 0 Å². The lowest BCUT2D eigenvalue weighted by Gasteiger charge is -2.14. The van der Waals surface area contributed by atoms with E-state index in [0.29, 0.717) is 0 Å². The van der Waals surface area contributed by atoms with Crippen molar-refractivity contribution in [2.24, 2.45) is 0 Å². The highest BCUT2D eigenvalue weighted by Crippen LogP contribution is 2.24. The molecule has 2 nitrogen and oxygen atoms in total. The summed E-state index contributed by atoms with van der Waals surface area (Å²) in [5, 5.41) is 0. The topological polar surface area (TPSA) is 12.5 Å². The van der Waals surface area contributed by atoms with Gasteiger partial charge in [-0.15, -0.1) is 0 Å². The van der Waals surface area contributed by atoms with Crippen molar-refractivity contribution in [2.75, 3.05) is 27.7 Å². The summed E-state index contributed by atoms with van der Waals surface area (Å²) in [6, 6.07) is 4.27. The first kappa shape index (κ1) is 13.0. The molecule has 1 aromatic rings. The van der Waals surface area contributed by atoms with Gasteiger partial charge in [0.05, 0.1) is 7.11 Å². The van der Waals surface area contributed by atoms with Gasteiger partial charge >= 0.3 is 0 Å². The standard InChI is InChI=1S/C14H23NO/c1-11-12(2)14(16-5)9-8-13(11)7-6-10-15(3)4/h8-9H,6-7,10H2,1-5H3. The molecule has 90 valence electrons. The minimum Gasteiger partial charge on any atom is -0.496 e. The predicted octanol–water partition coefficient (Wildman–Crippen LogP) is 2.81. The van der Waals surface area contributed by atoms with Crippen molar-refractivity contribution in [1.29, 1.82) is 0 Å². The number of aryl methyl sites for hydroxylation is 1. The fraction of sp³-hybridized carbons (Fsp3) is 0.571. The van der Waals surface area contributed by atoms with Crippen LogP contribution in [0.2, 0.25) is 0 Å². The molecule has 0 aliphatic heterocycles. The van der Waals surface area contributed by atoms with Crippen LogP contribution in [0.15, 0.2) is 12.1 Å². The van der Waals surface area contributed by atoms with Gasteiger partial charge in [-0.1, -0.05) is 6.07 Å². The Morgan fingerprint density at radius 1 is 1.12 bits per heavy atom. The van der Waals surface area contributed by atoms with Gasteiger partial charge in [0, 0.05) is 0 Å². The molecule has 0 heterocycles. The minimum atomic E-state index is 0.994. The van der Waals surface area contributed by atoms with E-state index < -0.39 is 0 Å². The zero-order chi connectivity index (χ0) is 12.1. The van der Waals surface area contributed by atoms with Crippen LogP contribution in [-0.4, -0.2) is 32.6 Å². The molecule has 0 atom stereocenters. The molecule has 1 aromatic carbocycles. The van der Waals surface area contributed by atoms with Gasteiger partial charge in [0.2, 0.25) is 0 Å². The maximum absolute atomic E-state index is 5.32. The molecule has 0 unspecified atom stereocenters. The maximum atomic E-state index is 5.32. The van der Waals surface area contributed by atoms with Crippen molar-refractivity contribution in [3.8, 4) is 5.75 Å². The van der Waals surface area contributed by atoms with E-state index in [9.17, 15) is 0 Å². The molecule has 1 rings (SSSR count). The second kappa shape index (κ2) is 5.90. The third-order valence-corrected chi connectivity index (χ3v) is 3.12. The fourth-order valence-electron chi connectivity index (χ4n) is 1.93. The van der Waals surface area contributed by atoms with Crippen molar-refractivity contribution >= 4 is 0 Å². The summed E-state index contributed by atoms with van der Waals surface area (Å²) < 4.78 is 5.32. The van der Waals surface area contributed by atoms with E-state index >= 15 is 0 Å². The van der Waals surface area contributed by atoms with E-state index in [1.54, 1.807) is 7.11 Å². The Labute approximate surface area is 99.2 Å². The minimum absolute atomic E-state index is 0.994. The molecule has 0 saturated heterocycles. The first-order chi connectivity index (χ1) is 7.56. The fourth-order valence-corrected chi connectivity index (χ4v) is 1.93. The van der Waals surface area contributed by atoms with Crippen LogP contribution in [0, 0.1) is 13.8 Å². The highest BCUT2D eigenvalue weighted by Gasteiger charge is 2.06. The van der Waals surface area contributed by atoms with Gasteiger partial charge in [0.1, 0.15) is 5.75 Å². The predicted molar refractivity (Wildman–Crippen MR) is 69.3 cm³/mol. The summed E-state index contributed by atoms with van der Waals surface area (Å²) in [6.45, 7) is 5.46. The monoisotopic (exact) mass is 221 g/mol. The average molecular weight is 221 g/mol. The Kier molecular flexibility index (Phi) is 4.81. The van der Waals surface area contributed by atoms with Crippen LogP contribution in [0.5, 0.6) is 5.75 Å². The molecule has 0 radical (unpaired) electrons. The second-order valence-corrected chi connectivity index (χ2v) is 4.58. The molecule has 0 amide bonds. The normalized spacial score (nSPS) is 10.9. The zero-order valence-corrected chi connectivity index (χ0v) is 11.1. The SMILES string of the molecule is COc1ccc(CCCN(C)C)c(C)c1C. The van der Waals surface area contributed by atoms with Crippen molar-refractivity contribution < 1.29 is 4.74 Å². The van der Waals surface area contributed by atoms with Gasteiger partial charge in [0.25, 0.3) is 0 Å². The molecule has 0 spiro atoms. The van der Waals surface area contributed by atoms with Crippen LogP contribution in [0.4, 0.5) is 0 Å². The number of benzene rings is 1. The lowest BCUT2D eigenvalue weighted by molar-refractivity contribution is 0.399. The Hall–Kier alpha value is -1.02. The van der Waals surface area contributed by atoms with E-state index in [1.807, 2.05) is 0 Å². The second-order valence-electron chi connectivity index (χ2n) is 4.58. The van der Waals surface area contributed by atoms with Gasteiger partial charge in [-0.05, 0) is 70.1 Å². The zero-order valence-electron chi connectivity index (χ0n) is 11.1. The third kappa shape index (κ3) is 3.24. The van der Waals surface area contributed by atoms with E-state index in [4.69, 9.17) is 4.74 Å². The first-order valence-corrected chi connectivity index (χ1v) is 5.84. The van der Waals surface area contributed by atoms with E-state index in [2.05, 4.69) is 45.0 Å². The van der Waals surface area contributed by atoms with Crippen LogP contribution in [-0.2, 0) is 6.42 Å². The summed E-state index contributed by atoms with van der Waals surface area (Å²) in [7, 11) is 5.96. The number of methoxy groups -OCH3 is 1. The Bertz CT molecular complexity index is 345. The van der Waals surface area contributed by atoms with Crippen LogP contribution in [0.1, 0.15) is 23.1 Å². The van der Waals surface area contributed by atoms with E-state index in [0.717, 1.165) is 18.7 Å². The molecule has 0 N–H and O–H groups in total. The molecule has 16 heavy (non-hydrogen) atoms. The number of ether oxygens (including phenoxy) is 1. The third-order valence-electron chi connectivity index (χ3n) is 3.12. The van der Waals surface area contributed by atoms with Crippen LogP contribution < -0.4 is 4.74 Å². The number of hydrogen-bond donors (Lipinski definition) is 0. The number of hydrogen-bond acceptors (Lipinski definition) is 2. The highest BCUT2D eigenvalue weighted by atomic mass is 16.5. The molecular formula is C14H23NO. The molecule has 0 bridgehead atoms. The summed E-state index contributed by atoms with van der Waals surface area (Å²) in [6.07, 6.45) is 2.36. The first-order valence-electron chi connectivity index (χ1n) is 5.84. The maximum Gasteiger partial charge on any atom is 0.122 e. The average Bonchev–Trinajstić information content (AvgIpc) is 2.24. The molecule has 0 fully saturated rings. The van der Waals surface area contributed by atoms with Crippen molar-refractivity contribution in [2.45, 2.75) is 26.7 Å². The smallest absolute Gasteiger partial charge is 0.122 e. The molecule has 0 aliphatic carbocycles. The summed E-state index contributed by atoms with van der Waals surface area (Å²) in [5.41, 5.74) is 4.09. The van der Waals surface area contributed by atoms with Crippen LogP contribution >= 0.6 is 0 Å². The summed E-state index contributed by atoms with van der Waals surface area (Å²) in [5.74, 6) is 0.994. The lowest BCUT2D eigenvalue weighted by atomic mass is 9.99. The number of rotatable bonds is 5. The molecule has 0 saturated carbocycles. The van der Waals surface area contributed by atoms with Gasteiger partial charge in [-0.2, -0.15) is 0 Å². The summed E-state index contributed by atoms with van der Waals surface area (Å²) >= 11 is 0. The lowest BCUT2D eigenvalue weighted by Crippen LogP contribution is -2.13. The van der Waals surface area contributed by atoms with Crippen LogP contribution in [0.3, 0.4) is 0 Å². The van der Waals surface area contributed by atoms with Gasteiger partial charge in [-0.25, -0.2) is 0 Å². The Morgan fingerprint density at radius 3 is 2.38 bits per heavy atom. The van der Waals surface area contributed by atoms with Gasteiger partial charge in [0.15, 0.2) is 0 Å². The molecule has 0 aromatic heterocycles. The van der Waals surface area contributed by atoms with E-state index in [1.165, 1.54) is 23.1 Å². The largest absolute Gasteiger partial charge is 0.496 e. The molecule has 2 heteroatoms. The van der Waals surface area contributed by atoms with E-state index in [-0.39, 0.29) is 0 Å². The van der Waals surface area contributed by atoms with Crippen molar-refractivity contribution in [3.05, 3.63) is 28.8 Å². The van der Waals surface area contributed by atoms with Crippen molar-refractivity contribution in [1.82, 2.24) is 4.90 Å². The Morgan fingerprint density at radius 2 is 1.81 bits per heavy atom. The van der Waals surface area contributed by atoms with Gasteiger partial charge in [-0.3, -0.25) is 0 Å². The molecular weight excluding hydrogens is 198 g/mol. The molecule has 0 aliphatic rings.